The van der Waals surface area contributed by atoms with Gasteiger partial charge in [-0.3, -0.25) is 9.69 Å². The summed E-state index contributed by atoms with van der Waals surface area (Å²) in [5, 5.41) is 2.44. The van der Waals surface area contributed by atoms with Gasteiger partial charge >= 0.3 is 0 Å². The minimum atomic E-state index is -0.385. The number of nitrogens with zero attached hydrogens (tertiary/aromatic N) is 3. The number of aromatic nitrogens is 1. The van der Waals surface area contributed by atoms with Crippen LogP contribution in [0.3, 0.4) is 0 Å². The minimum Gasteiger partial charge on any atom is -0.496 e. The minimum absolute atomic E-state index is 0.208. The maximum absolute atomic E-state index is 14.3. The lowest BCUT2D eigenvalue weighted by Crippen LogP contribution is -2.33. The van der Waals surface area contributed by atoms with Crippen LogP contribution in [0.4, 0.5) is 9.52 Å². The first-order valence-corrected chi connectivity index (χ1v) is 10.9. The zero-order valence-electron chi connectivity index (χ0n) is 17.8. The largest absolute Gasteiger partial charge is 0.496 e. The molecule has 0 spiro atoms. The van der Waals surface area contributed by atoms with Crippen LogP contribution in [-0.4, -0.2) is 50.1 Å². The van der Waals surface area contributed by atoms with Crippen molar-refractivity contribution in [3.63, 3.8) is 0 Å². The molecule has 0 bridgehead atoms. The maximum Gasteiger partial charge on any atom is 0.263 e. The summed E-state index contributed by atoms with van der Waals surface area (Å²) in [6.07, 6.45) is 0.757. The maximum atomic E-state index is 14.3. The second-order valence-electron chi connectivity index (χ2n) is 7.60. The van der Waals surface area contributed by atoms with Crippen LogP contribution < -0.4 is 9.64 Å². The molecule has 4 rings (SSSR count). The van der Waals surface area contributed by atoms with Gasteiger partial charge in [-0.1, -0.05) is 41.7 Å². The topological polar surface area (TPSA) is 45.7 Å². The predicted molar refractivity (Wildman–Crippen MR) is 125 cm³/mol. The van der Waals surface area contributed by atoms with Gasteiger partial charge in [-0.25, -0.2) is 9.37 Å². The molecule has 1 heterocycles. The molecule has 1 aromatic heterocycles. The molecule has 0 radical (unpaired) electrons. The molecule has 0 saturated heterocycles. The molecule has 0 aliphatic rings. The summed E-state index contributed by atoms with van der Waals surface area (Å²) in [4.78, 5) is 21.9. The van der Waals surface area contributed by atoms with Gasteiger partial charge in [-0.05, 0) is 62.1 Å². The molecule has 0 fully saturated rings. The molecule has 0 saturated carbocycles. The highest BCUT2D eigenvalue weighted by Gasteiger charge is 2.25. The molecule has 0 atom stereocenters. The number of carbonyl (C=O) groups excluding carboxylic acids is 1. The monoisotopic (exact) mass is 437 g/mol. The number of rotatable bonds is 7. The van der Waals surface area contributed by atoms with Gasteiger partial charge in [0.2, 0.25) is 0 Å². The van der Waals surface area contributed by atoms with Crippen LogP contribution in [0.1, 0.15) is 16.8 Å². The molecular formula is C24H24FN3O2S. The molecule has 7 heteroatoms. The van der Waals surface area contributed by atoms with E-state index in [1.165, 1.54) is 17.4 Å². The molecule has 3 aromatic carbocycles. The summed E-state index contributed by atoms with van der Waals surface area (Å²) in [5.41, 5.74) is 0.754. The van der Waals surface area contributed by atoms with Crippen LogP contribution in [0.25, 0.3) is 21.0 Å². The highest BCUT2D eigenvalue weighted by atomic mass is 32.1. The van der Waals surface area contributed by atoms with Crippen molar-refractivity contribution in [3.8, 4) is 5.75 Å². The third kappa shape index (κ3) is 4.38. The summed E-state index contributed by atoms with van der Waals surface area (Å²) in [7, 11) is 5.54. The van der Waals surface area contributed by atoms with E-state index in [0.29, 0.717) is 33.2 Å². The number of anilines is 1. The first-order chi connectivity index (χ1) is 15.0. The number of ether oxygens (including phenoxy) is 1. The van der Waals surface area contributed by atoms with Gasteiger partial charge < -0.3 is 9.64 Å². The molecule has 0 N–H and O–H groups in total. The van der Waals surface area contributed by atoms with Crippen LogP contribution in [0.15, 0.2) is 54.6 Å². The van der Waals surface area contributed by atoms with Crippen LogP contribution in [0.2, 0.25) is 0 Å². The third-order valence-electron chi connectivity index (χ3n) is 5.12. The van der Waals surface area contributed by atoms with Crippen LogP contribution in [-0.2, 0) is 0 Å². The van der Waals surface area contributed by atoms with E-state index in [1.54, 1.807) is 18.1 Å². The van der Waals surface area contributed by atoms with Crippen molar-refractivity contribution in [1.29, 1.82) is 0 Å². The van der Waals surface area contributed by atoms with Gasteiger partial charge in [0.15, 0.2) is 5.13 Å². The van der Waals surface area contributed by atoms with Gasteiger partial charge in [0.25, 0.3) is 5.91 Å². The van der Waals surface area contributed by atoms with E-state index >= 15 is 0 Å². The van der Waals surface area contributed by atoms with E-state index in [0.717, 1.165) is 23.7 Å². The lowest BCUT2D eigenvalue weighted by Gasteiger charge is -2.22. The molecule has 5 nitrogen and oxygen atoms in total. The Bertz CT molecular complexity index is 1240. The second-order valence-corrected chi connectivity index (χ2v) is 8.61. The molecule has 31 heavy (non-hydrogen) atoms. The normalized spacial score (nSPS) is 11.4. The van der Waals surface area contributed by atoms with Gasteiger partial charge in [-0.2, -0.15) is 0 Å². The Kier molecular flexibility index (Phi) is 6.15. The van der Waals surface area contributed by atoms with E-state index < -0.39 is 0 Å². The Hall–Kier alpha value is -3.03. The average Bonchev–Trinajstić information content (AvgIpc) is 3.20. The molecular weight excluding hydrogens is 413 g/mol. The number of thiazole rings is 1. The number of halogens is 1. The van der Waals surface area contributed by atoms with E-state index in [-0.39, 0.29) is 11.7 Å². The standard InChI is InChI=1S/C24H24FN3O2S/c1-27(2)12-7-13-28(24-26-22-19(25)10-6-11-21(22)31-24)23(29)18-14-16-8-4-5-9-17(16)15-20(18)30-3/h4-6,8-11,14-15H,7,12-13H2,1-3H3. The second kappa shape index (κ2) is 8.99. The number of para-hydroxylation sites is 1. The first-order valence-electron chi connectivity index (χ1n) is 10.1. The molecule has 160 valence electrons. The number of amides is 1. The van der Waals surface area contributed by atoms with Crippen molar-refractivity contribution < 1.29 is 13.9 Å². The predicted octanol–water partition coefficient (Wildman–Crippen LogP) is 5.20. The van der Waals surface area contributed by atoms with Crippen molar-refractivity contribution in [2.24, 2.45) is 0 Å². The van der Waals surface area contributed by atoms with E-state index in [1.807, 2.05) is 56.6 Å². The van der Waals surface area contributed by atoms with Gasteiger partial charge in [0.1, 0.15) is 17.1 Å². The first kappa shape index (κ1) is 21.2. The van der Waals surface area contributed by atoms with Gasteiger partial charge in [0.05, 0.1) is 17.4 Å². The molecule has 1 amide bonds. The highest BCUT2D eigenvalue weighted by molar-refractivity contribution is 7.22. The Morgan fingerprint density at radius 2 is 1.81 bits per heavy atom. The molecule has 4 aromatic rings. The van der Waals surface area contributed by atoms with Gasteiger partial charge in [-0.15, -0.1) is 0 Å². The number of methoxy groups -OCH3 is 1. The number of hydrogen-bond acceptors (Lipinski definition) is 5. The lowest BCUT2D eigenvalue weighted by atomic mass is 10.0. The van der Waals surface area contributed by atoms with Crippen molar-refractivity contribution in [3.05, 3.63) is 66.0 Å². The van der Waals surface area contributed by atoms with Crippen LogP contribution >= 0.6 is 11.3 Å². The SMILES string of the molecule is COc1cc2ccccc2cc1C(=O)N(CCCN(C)C)c1nc2c(F)cccc2s1. The molecule has 0 aliphatic carbocycles. The van der Waals surface area contributed by atoms with E-state index in [2.05, 4.69) is 9.88 Å². The Morgan fingerprint density at radius 1 is 1.06 bits per heavy atom. The highest BCUT2D eigenvalue weighted by Crippen LogP contribution is 2.33. The zero-order valence-corrected chi connectivity index (χ0v) is 18.6. The van der Waals surface area contributed by atoms with E-state index in [4.69, 9.17) is 4.74 Å². The van der Waals surface area contributed by atoms with Crippen molar-refractivity contribution in [2.45, 2.75) is 6.42 Å². The smallest absolute Gasteiger partial charge is 0.263 e. The van der Waals surface area contributed by atoms with Crippen molar-refractivity contribution in [1.82, 2.24) is 9.88 Å². The lowest BCUT2D eigenvalue weighted by molar-refractivity contribution is 0.0983. The van der Waals surface area contributed by atoms with Crippen molar-refractivity contribution >= 4 is 43.4 Å². The average molecular weight is 438 g/mol. The number of carbonyl (C=O) groups is 1. The summed E-state index contributed by atoms with van der Waals surface area (Å²) in [6, 6.07) is 16.4. The van der Waals surface area contributed by atoms with Crippen molar-refractivity contribution in [2.75, 3.05) is 39.2 Å². The van der Waals surface area contributed by atoms with Crippen LogP contribution in [0, 0.1) is 5.82 Å². The fourth-order valence-electron chi connectivity index (χ4n) is 3.55. The third-order valence-corrected chi connectivity index (χ3v) is 6.16. The fraction of sp³-hybridized carbons (Fsp3) is 0.250. The number of fused-ring (bicyclic) bond motifs is 2. The Morgan fingerprint density at radius 3 is 2.48 bits per heavy atom. The summed E-state index contributed by atoms with van der Waals surface area (Å²) >= 11 is 1.32. The molecule has 0 aliphatic heterocycles. The van der Waals surface area contributed by atoms with E-state index in [9.17, 15) is 9.18 Å². The fourth-order valence-corrected chi connectivity index (χ4v) is 4.55. The summed E-state index contributed by atoms with van der Waals surface area (Å²) in [5.74, 6) is -0.0848. The van der Waals surface area contributed by atoms with Gasteiger partial charge in [0, 0.05) is 6.54 Å². The number of benzene rings is 3. The Labute approximate surface area is 184 Å². The molecule has 0 unspecified atom stereocenters. The summed E-state index contributed by atoms with van der Waals surface area (Å²) < 4.78 is 20.5. The zero-order chi connectivity index (χ0) is 22.0. The van der Waals surface area contributed by atoms with Crippen LogP contribution in [0.5, 0.6) is 5.75 Å². The number of hydrogen-bond donors (Lipinski definition) is 0. The Balaban J connectivity index is 1.78. The summed E-state index contributed by atoms with van der Waals surface area (Å²) in [6.45, 7) is 1.28. The quantitative estimate of drug-likeness (QED) is 0.399.